The monoisotopic (exact) mass is 414 g/mol. The number of non-ortho nitro benzene ring substituents is 1. The lowest BCUT2D eigenvalue weighted by Crippen LogP contribution is -2.29. The van der Waals surface area contributed by atoms with Crippen LogP contribution in [-0.2, 0) is 12.7 Å². The fourth-order valence-electron chi connectivity index (χ4n) is 2.31. The van der Waals surface area contributed by atoms with Gasteiger partial charge in [-0.25, -0.2) is 4.79 Å². The van der Waals surface area contributed by atoms with Crippen LogP contribution in [0.25, 0.3) is 5.65 Å². The van der Waals surface area contributed by atoms with Gasteiger partial charge < -0.3 is 10.6 Å². The second-order valence-electron chi connectivity index (χ2n) is 5.50. The second kappa shape index (κ2) is 7.31. The number of pyridine rings is 1. The van der Waals surface area contributed by atoms with Gasteiger partial charge in [0.25, 0.3) is 5.69 Å². The zero-order valence-corrected chi connectivity index (χ0v) is 14.5. The van der Waals surface area contributed by atoms with E-state index in [2.05, 4.69) is 20.8 Å². The van der Waals surface area contributed by atoms with E-state index in [0.717, 1.165) is 22.7 Å². The Balaban J connectivity index is 1.74. The number of urea groups is 1. The summed E-state index contributed by atoms with van der Waals surface area (Å²) in [6, 6.07) is 5.23. The lowest BCUT2D eigenvalue weighted by atomic mass is 10.3. The van der Waals surface area contributed by atoms with Crippen LogP contribution < -0.4 is 10.6 Å². The van der Waals surface area contributed by atoms with Gasteiger partial charge in [-0.15, -0.1) is 10.2 Å². The largest absolute Gasteiger partial charge is 0.417 e. The van der Waals surface area contributed by atoms with Crippen LogP contribution in [0, 0.1) is 10.1 Å². The summed E-state index contributed by atoms with van der Waals surface area (Å²) < 4.78 is 39.8. The van der Waals surface area contributed by atoms with Crippen molar-refractivity contribution >= 4 is 34.7 Å². The molecule has 0 fully saturated rings. The summed E-state index contributed by atoms with van der Waals surface area (Å²) in [5, 5.41) is 22.7. The minimum Gasteiger partial charge on any atom is -0.331 e. The first-order chi connectivity index (χ1) is 13.1. The minimum atomic E-state index is -4.62. The van der Waals surface area contributed by atoms with Crippen molar-refractivity contribution in [1.29, 1.82) is 0 Å². The second-order valence-corrected chi connectivity index (χ2v) is 5.91. The molecular formula is C15H10ClF3N6O3. The number of alkyl halides is 3. The number of nitro groups is 1. The van der Waals surface area contributed by atoms with Crippen molar-refractivity contribution in [2.75, 3.05) is 5.32 Å². The van der Waals surface area contributed by atoms with Gasteiger partial charge in [0.15, 0.2) is 11.5 Å². The Hall–Kier alpha value is -3.41. The zero-order chi connectivity index (χ0) is 20.5. The van der Waals surface area contributed by atoms with Crippen LogP contribution in [0.1, 0.15) is 11.4 Å². The van der Waals surface area contributed by atoms with Crippen LogP contribution in [0.15, 0.2) is 36.5 Å². The predicted octanol–water partition coefficient (Wildman–Crippen LogP) is 3.63. The van der Waals surface area contributed by atoms with Gasteiger partial charge >= 0.3 is 12.2 Å². The lowest BCUT2D eigenvalue weighted by Gasteiger charge is -2.09. The molecule has 0 unspecified atom stereocenters. The summed E-state index contributed by atoms with van der Waals surface area (Å²) in [5.74, 6) is 0.0113. The zero-order valence-electron chi connectivity index (χ0n) is 13.7. The van der Waals surface area contributed by atoms with Crippen LogP contribution in [0.5, 0.6) is 0 Å². The Morgan fingerprint density at radius 3 is 2.71 bits per heavy atom. The van der Waals surface area contributed by atoms with E-state index in [1.165, 1.54) is 18.2 Å². The number of carbonyl (C=O) groups is 1. The number of benzene rings is 1. The van der Waals surface area contributed by atoms with Crippen molar-refractivity contribution in [2.45, 2.75) is 12.7 Å². The SMILES string of the molecule is O=C(NCc1nnc2c(Cl)cc(C(F)(F)F)cn12)Nc1cccc([N+](=O)[O-])c1. The summed E-state index contributed by atoms with van der Waals surface area (Å²) in [4.78, 5) is 22.1. The third-order valence-electron chi connectivity index (χ3n) is 3.58. The summed E-state index contributed by atoms with van der Waals surface area (Å²) in [7, 11) is 0. The van der Waals surface area contributed by atoms with Gasteiger partial charge in [0, 0.05) is 24.0 Å². The maximum Gasteiger partial charge on any atom is 0.417 e. The number of nitrogens with one attached hydrogen (secondary N) is 2. The van der Waals surface area contributed by atoms with Gasteiger partial charge in [0.1, 0.15) is 0 Å². The van der Waals surface area contributed by atoms with E-state index < -0.39 is 22.7 Å². The number of nitrogens with zero attached hydrogens (tertiary/aromatic N) is 4. The fourth-order valence-corrected chi connectivity index (χ4v) is 2.55. The molecule has 0 saturated carbocycles. The summed E-state index contributed by atoms with van der Waals surface area (Å²) >= 11 is 5.81. The molecule has 3 aromatic rings. The van der Waals surface area contributed by atoms with Crippen LogP contribution in [0.3, 0.4) is 0 Å². The molecule has 0 aliphatic carbocycles. The molecule has 0 aliphatic rings. The number of carbonyl (C=O) groups excluding carboxylic acids is 1. The smallest absolute Gasteiger partial charge is 0.331 e. The van der Waals surface area contributed by atoms with E-state index in [0.29, 0.717) is 0 Å². The lowest BCUT2D eigenvalue weighted by molar-refractivity contribution is -0.384. The number of fused-ring (bicyclic) bond motifs is 1. The molecule has 13 heteroatoms. The molecule has 0 bridgehead atoms. The van der Waals surface area contributed by atoms with Crippen LogP contribution >= 0.6 is 11.6 Å². The topological polar surface area (TPSA) is 114 Å². The highest BCUT2D eigenvalue weighted by Gasteiger charge is 2.32. The minimum absolute atomic E-state index is 0.00515. The van der Waals surface area contributed by atoms with Crippen LogP contribution in [0.4, 0.5) is 29.3 Å². The van der Waals surface area contributed by atoms with Gasteiger partial charge in [-0.3, -0.25) is 14.5 Å². The third kappa shape index (κ3) is 4.11. The molecular weight excluding hydrogens is 405 g/mol. The van der Waals surface area contributed by atoms with E-state index in [1.807, 2.05) is 0 Å². The molecule has 0 aliphatic heterocycles. The predicted molar refractivity (Wildman–Crippen MR) is 92.0 cm³/mol. The molecule has 0 radical (unpaired) electrons. The number of rotatable bonds is 4. The molecule has 3 rings (SSSR count). The highest BCUT2D eigenvalue weighted by Crippen LogP contribution is 2.32. The van der Waals surface area contributed by atoms with Gasteiger partial charge in [-0.05, 0) is 12.1 Å². The molecule has 0 spiro atoms. The van der Waals surface area contributed by atoms with E-state index in [-0.39, 0.29) is 34.4 Å². The Morgan fingerprint density at radius 1 is 1.29 bits per heavy atom. The number of aromatic nitrogens is 3. The Morgan fingerprint density at radius 2 is 2.04 bits per heavy atom. The molecule has 0 atom stereocenters. The van der Waals surface area contributed by atoms with Crippen LogP contribution in [0.2, 0.25) is 5.02 Å². The first kappa shape index (κ1) is 19.4. The number of nitro benzene ring substituents is 1. The Bertz CT molecular complexity index is 1070. The van der Waals surface area contributed by atoms with Gasteiger partial charge in [0.05, 0.1) is 22.1 Å². The van der Waals surface area contributed by atoms with Crippen molar-refractivity contribution in [1.82, 2.24) is 19.9 Å². The molecule has 1 aromatic carbocycles. The van der Waals surface area contributed by atoms with Gasteiger partial charge in [0.2, 0.25) is 0 Å². The molecule has 2 amide bonds. The van der Waals surface area contributed by atoms with Crippen molar-refractivity contribution in [2.24, 2.45) is 0 Å². The van der Waals surface area contributed by atoms with E-state index in [1.54, 1.807) is 0 Å². The van der Waals surface area contributed by atoms with Gasteiger partial charge in [-0.2, -0.15) is 13.2 Å². The van der Waals surface area contributed by atoms with E-state index >= 15 is 0 Å². The Labute approximate surface area is 159 Å². The summed E-state index contributed by atoms with van der Waals surface area (Å²) in [6.45, 7) is -0.264. The highest BCUT2D eigenvalue weighted by atomic mass is 35.5. The number of hydrogen-bond acceptors (Lipinski definition) is 5. The molecule has 2 aromatic heterocycles. The molecule has 2 heterocycles. The number of hydrogen-bond donors (Lipinski definition) is 2. The Kier molecular flexibility index (Phi) is 5.05. The number of amides is 2. The first-order valence-corrected chi connectivity index (χ1v) is 7.92. The van der Waals surface area contributed by atoms with Crippen molar-refractivity contribution in [3.63, 3.8) is 0 Å². The standard InChI is InChI=1S/C15H10ClF3N6O3/c16-11-4-8(15(17,18)19)7-24-12(22-23-13(11)24)6-20-14(26)21-9-2-1-3-10(5-9)25(27)28/h1-5,7H,6H2,(H2,20,21,26). The average Bonchev–Trinajstić information content (AvgIpc) is 3.03. The van der Waals surface area contributed by atoms with Crippen molar-refractivity contribution < 1.29 is 22.9 Å². The maximum absolute atomic E-state index is 12.9. The fraction of sp³-hybridized carbons (Fsp3) is 0.133. The highest BCUT2D eigenvalue weighted by molar-refractivity contribution is 6.33. The molecule has 9 nitrogen and oxygen atoms in total. The van der Waals surface area contributed by atoms with Crippen LogP contribution in [-0.4, -0.2) is 25.6 Å². The number of halogens is 4. The van der Waals surface area contributed by atoms with E-state index in [9.17, 15) is 28.1 Å². The van der Waals surface area contributed by atoms with Crippen molar-refractivity contribution in [3.8, 4) is 0 Å². The summed E-state index contributed by atoms with van der Waals surface area (Å²) in [6.07, 6.45) is -3.84. The number of anilines is 1. The molecule has 0 saturated heterocycles. The third-order valence-corrected chi connectivity index (χ3v) is 3.86. The van der Waals surface area contributed by atoms with Gasteiger partial charge in [-0.1, -0.05) is 17.7 Å². The maximum atomic E-state index is 12.9. The molecule has 146 valence electrons. The van der Waals surface area contributed by atoms with E-state index in [4.69, 9.17) is 11.6 Å². The van der Waals surface area contributed by atoms with Crippen molar-refractivity contribution in [3.05, 3.63) is 63.1 Å². The summed E-state index contributed by atoms with van der Waals surface area (Å²) in [5.41, 5.74) is -1.03. The average molecular weight is 415 g/mol. The quantitative estimate of drug-likeness (QED) is 0.499. The normalized spacial score (nSPS) is 11.4. The molecule has 28 heavy (non-hydrogen) atoms. The molecule has 2 N–H and O–H groups in total. The first-order valence-electron chi connectivity index (χ1n) is 7.55.